The van der Waals surface area contributed by atoms with Gasteiger partial charge in [-0.2, -0.15) is 0 Å². The summed E-state index contributed by atoms with van der Waals surface area (Å²) in [7, 11) is -5.70. The van der Waals surface area contributed by atoms with E-state index in [1.165, 1.54) is 24.3 Å². The minimum atomic E-state index is -3.72. The third kappa shape index (κ3) is 7.28. The first-order valence-electron chi connectivity index (χ1n) is 10.4. The lowest BCUT2D eigenvalue weighted by molar-refractivity contribution is 0.0695. The Kier molecular flexibility index (Phi) is 7.98. The molecule has 0 aromatic heterocycles. The van der Waals surface area contributed by atoms with Crippen molar-refractivity contribution in [2.75, 3.05) is 12.9 Å². The molecule has 0 aliphatic carbocycles. The molecule has 0 aliphatic rings. The highest BCUT2D eigenvalue weighted by molar-refractivity contribution is 7.90. The number of hydrogen-bond acceptors (Lipinski definition) is 6. The predicted octanol–water partition coefficient (Wildman–Crippen LogP) is 5.51. The molecule has 1 atom stereocenters. The van der Waals surface area contributed by atoms with Crippen molar-refractivity contribution in [3.63, 3.8) is 0 Å². The molecule has 0 fully saturated rings. The normalized spacial score (nSPS) is 13.5. The largest absolute Gasteiger partial charge is 0.488 e. The quantitative estimate of drug-likeness (QED) is 0.455. The molecule has 2 aromatic carbocycles. The van der Waals surface area contributed by atoms with E-state index in [0.717, 1.165) is 18.4 Å². The van der Waals surface area contributed by atoms with Crippen LogP contribution in [-0.4, -0.2) is 46.8 Å². The van der Waals surface area contributed by atoms with E-state index in [1.807, 2.05) is 6.92 Å². The van der Waals surface area contributed by atoms with Gasteiger partial charge in [0, 0.05) is 18.4 Å². The molecule has 0 bridgehead atoms. The summed E-state index contributed by atoms with van der Waals surface area (Å²) < 4.78 is 55.0. The first kappa shape index (κ1) is 26.8. The van der Waals surface area contributed by atoms with Crippen molar-refractivity contribution in [2.45, 2.75) is 56.8 Å². The van der Waals surface area contributed by atoms with Crippen LogP contribution in [0.25, 0.3) is 0 Å². The SMILES string of the molecule is C[C@@H](CO[Si](C)(C)C(C)(C)C)Oc1cc(Oc2ccc(S(C)(=O)=O)c(F)c2)cc(C(=O)O)c1. The minimum Gasteiger partial charge on any atom is -0.488 e. The number of halogens is 1. The van der Waals surface area contributed by atoms with Gasteiger partial charge in [0.05, 0.1) is 12.2 Å². The van der Waals surface area contributed by atoms with E-state index in [9.17, 15) is 22.7 Å². The van der Waals surface area contributed by atoms with Crippen LogP contribution in [0.5, 0.6) is 17.2 Å². The van der Waals surface area contributed by atoms with E-state index in [-0.39, 0.29) is 34.0 Å². The fourth-order valence-electron chi connectivity index (χ4n) is 2.61. The Morgan fingerprint density at radius 3 is 2.21 bits per heavy atom. The second-order valence-electron chi connectivity index (χ2n) is 9.46. The van der Waals surface area contributed by atoms with Gasteiger partial charge in [-0.3, -0.25) is 0 Å². The second-order valence-corrected chi connectivity index (χ2v) is 16.3. The highest BCUT2D eigenvalue weighted by Gasteiger charge is 2.37. The Hall–Kier alpha value is -2.43. The first-order chi connectivity index (χ1) is 15.0. The summed E-state index contributed by atoms with van der Waals surface area (Å²) >= 11 is 0. The van der Waals surface area contributed by atoms with Gasteiger partial charge in [-0.15, -0.1) is 0 Å². The zero-order chi connectivity index (χ0) is 25.2. The Morgan fingerprint density at radius 1 is 1.09 bits per heavy atom. The molecular weight excluding hydrogens is 467 g/mol. The number of carboxylic acids is 1. The summed E-state index contributed by atoms with van der Waals surface area (Å²) in [6.45, 7) is 12.8. The number of carboxylic acid groups (broad SMARTS) is 1. The number of carbonyl (C=O) groups is 1. The third-order valence-electron chi connectivity index (χ3n) is 5.49. The van der Waals surface area contributed by atoms with E-state index < -0.39 is 34.8 Å². The lowest BCUT2D eigenvalue weighted by atomic mass is 10.2. The molecule has 0 saturated carbocycles. The van der Waals surface area contributed by atoms with Crippen molar-refractivity contribution in [1.82, 2.24) is 0 Å². The number of ether oxygens (including phenoxy) is 2. The van der Waals surface area contributed by atoms with Gasteiger partial charge in [0.15, 0.2) is 18.2 Å². The minimum absolute atomic E-state index is 0.0164. The molecule has 2 rings (SSSR count). The Bertz CT molecular complexity index is 1120. The molecule has 33 heavy (non-hydrogen) atoms. The Labute approximate surface area is 195 Å². The van der Waals surface area contributed by atoms with Gasteiger partial charge in [0.25, 0.3) is 0 Å². The van der Waals surface area contributed by atoms with E-state index in [1.54, 1.807) is 0 Å². The van der Waals surface area contributed by atoms with Crippen molar-refractivity contribution in [3.05, 3.63) is 47.8 Å². The zero-order valence-electron chi connectivity index (χ0n) is 19.9. The fraction of sp³-hybridized carbons (Fsp3) is 0.435. The number of sulfone groups is 1. The maximum absolute atomic E-state index is 14.2. The van der Waals surface area contributed by atoms with Gasteiger partial charge in [-0.05, 0) is 49.3 Å². The van der Waals surface area contributed by atoms with Gasteiger partial charge in [-0.25, -0.2) is 17.6 Å². The number of aromatic carboxylic acids is 1. The van der Waals surface area contributed by atoms with Crippen molar-refractivity contribution in [2.24, 2.45) is 0 Å². The Morgan fingerprint density at radius 2 is 1.70 bits per heavy atom. The van der Waals surface area contributed by atoms with E-state index in [4.69, 9.17) is 13.9 Å². The molecule has 0 spiro atoms. The molecule has 0 amide bonds. The van der Waals surface area contributed by atoms with Crippen LogP contribution in [0, 0.1) is 5.82 Å². The van der Waals surface area contributed by atoms with Crippen LogP contribution in [0.1, 0.15) is 38.1 Å². The number of benzene rings is 2. The fourth-order valence-corrected chi connectivity index (χ4v) is 4.43. The van der Waals surface area contributed by atoms with E-state index in [2.05, 4.69) is 33.9 Å². The molecule has 182 valence electrons. The van der Waals surface area contributed by atoms with E-state index >= 15 is 0 Å². The summed E-state index contributed by atoms with van der Waals surface area (Å²) in [4.78, 5) is 11.1. The summed E-state index contributed by atoms with van der Waals surface area (Å²) in [5.41, 5.74) is -0.0757. The summed E-state index contributed by atoms with van der Waals surface area (Å²) in [6.07, 6.45) is 0.546. The predicted molar refractivity (Wildman–Crippen MR) is 126 cm³/mol. The van der Waals surface area contributed by atoms with Crippen LogP contribution < -0.4 is 9.47 Å². The molecule has 7 nitrogen and oxygen atoms in total. The average molecular weight is 499 g/mol. The molecule has 0 heterocycles. The van der Waals surface area contributed by atoms with Gasteiger partial charge < -0.3 is 19.0 Å². The maximum atomic E-state index is 14.2. The van der Waals surface area contributed by atoms with Gasteiger partial charge in [0.1, 0.15) is 34.1 Å². The number of hydrogen-bond donors (Lipinski definition) is 1. The van der Waals surface area contributed by atoms with Crippen molar-refractivity contribution >= 4 is 24.1 Å². The monoisotopic (exact) mass is 498 g/mol. The highest BCUT2D eigenvalue weighted by Crippen LogP contribution is 2.37. The van der Waals surface area contributed by atoms with Crippen LogP contribution in [0.15, 0.2) is 41.3 Å². The highest BCUT2D eigenvalue weighted by atomic mass is 32.2. The molecular formula is C23H31FO7SSi. The zero-order valence-corrected chi connectivity index (χ0v) is 21.7. The molecule has 0 unspecified atom stereocenters. The summed E-state index contributed by atoms with van der Waals surface area (Å²) in [5.74, 6) is -1.77. The first-order valence-corrected chi connectivity index (χ1v) is 15.2. The van der Waals surface area contributed by atoms with Gasteiger partial charge in [-0.1, -0.05) is 20.8 Å². The third-order valence-corrected chi connectivity index (χ3v) is 11.1. The molecule has 1 N–H and O–H groups in total. The van der Waals surface area contributed by atoms with Crippen LogP contribution in [0.2, 0.25) is 18.1 Å². The van der Waals surface area contributed by atoms with Crippen molar-refractivity contribution in [1.29, 1.82) is 0 Å². The molecule has 0 radical (unpaired) electrons. The van der Waals surface area contributed by atoms with Crippen LogP contribution in [0.4, 0.5) is 4.39 Å². The van der Waals surface area contributed by atoms with Gasteiger partial charge >= 0.3 is 5.97 Å². The standard InChI is InChI=1S/C23H31FO7SSi/c1-15(14-29-33(6,7)23(2,3)4)30-18-10-16(22(25)26)11-19(12-18)31-17-8-9-21(20(24)13-17)32(5,27)28/h8-13,15H,14H2,1-7H3,(H,25,26)/t15-/m0/s1. The lowest BCUT2D eigenvalue weighted by Crippen LogP contribution is -2.43. The van der Waals surface area contributed by atoms with Crippen LogP contribution in [-0.2, 0) is 14.3 Å². The van der Waals surface area contributed by atoms with E-state index in [0.29, 0.717) is 6.61 Å². The molecule has 0 aliphatic heterocycles. The lowest BCUT2D eigenvalue weighted by Gasteiger charge is -2.36. The summed E-state index contributed by atoms with van der Waals surface area (Å²) in [5, 5.41) is 9.49. The topological polar surface area (TPSA) is 99.1 Å². The van der Waals surface area contributed by atoms with Gasteiger partial charge in [0.2, 0.25) is 0 Å². The maximum Gasteiger partial charge on any atom is 0.335 e. The summed E-state index contributed by atoms with van der Waals surface area (Å²) in [6, 6.07) is 7.44. The Balaban J connectivity index is 2.23. The molecule has 0 saturated heterocycles. The molecule has 10 heteroatoms. The number of rotatable bonds is 9. The van der Waals surface area contributed by atoms with Crippen molar-refractivity contribution in [3.8, 4) is 17.2 Å². The van der Waals surface area contributed by atoms with Crippen LogP contribution >= 0.6 is 0 Å². The molecule has 2 aromatic rings. The average Bonchev–Trinajstić information content (AvgIpc) is 2.64. The van der Waals surface area contributed by atoms with Crippen molar-refractivity contribution < 1.29 is 36.6 Å². The second kappa shape index (κ2) is 9.82. The smallest absolute Gasteiger partial charge is 0.335 e. The van der Waals surface area contributed by atoms with Crippen LogP contribution in [0.3, 0.4) is 0 Å².